The molecule has 2 rings (SSSR count). The SMILES string of the molecule is Cc1ccsc1C(=O)N1CCN(CC(C)C)CC1. The van der Waals surface area contributed by atoms with Crippen molar-refractivity contribution in [3.63, 3.8) is 0 Å². The van der Waals surface area contributed by atoms with Gasteiger partial charge in [-0.05, 0) is 29.9 Å². The molecule has 0 atom stereocenters. The van der Waals surface area contributed by atoms with Gasteiger partial charge in [0.15, 0.2) is 0 Å². The summed E-state index contributed by atoms with van der Waals surface area (Å²) in [6, 6.07) is 2.02. The van der Waals surface area contributed by atoms with Gasteiger partial charge in [0.05, 0.1) is 4.88 Å². The van der Waals surface area contributed by atoms with Crippen LogP contribution in [-0.4, -0.2) is 48.4 Å². The van der Waals surface area contributed by atoms with Crippen molar-refractivity contribution in [3.8, 4) is 0 Å². The van der Waals surface area contributed by atoms with E-state index in [1.807, 2.05) is 23.3 Å². The Kier molecular flexibility index (Phi) is 4.40. The molecule has 1 fully saturated rings. The lowest BCUT2D eigenvalue weighted by Crippen LogP contribution is -2.49. The Hall–Kier alpha value is -0.870. The van der Waals surface area contributed by atoms with Crippen LogP contribution < -0.4 is 0 Å². The Morgan fingerprint density at radius 1 is 1.33 bits per heavy atom. The molecule has 2 heterocycles. The molecule has 0 N–H and O–H groups in total. The lowest BCUT2D eigenvalue weighted by Gasteiger charge is -2.35. The van der Waals surface area contributed by atoms with Crippen LogP contribution in [0.3, 0.4) is 0 Å². The predicted octanol–water partition coefficient (Wildman–Crippen LogP) is 2.47. The van der Waals surface area contributed by atoms with Gasteiger partial charge in [0.25, 0.3) is 5.91 Å². The highest BCUT2D eigenvalue weighted by Gasteiger charge is 2.23. The molecule has 0 bridgehead atoms. The molecule has 0 aromatic carbocycles. The van der Waals surface area contributed by atoms with Gasteiger partial charge >= 0.3 is 0 Å². The molecule has 0 unspecified atom stereocenters. The first-order chi connectivity index (χ1) is 8.58. The summed E-state index contributed by atoms with van der Waals surface area (Å²) in [6.07, 6.45) is 0. The Bertz CT molecular complexity index is 406. The zero-order chi connectivity index (χ0) is 13.1. The Morgan fingerprint density at radius 3 is 2.50 bits per heavy atom. The third-order valence-electron chi connectivity index (χ3n) is 3.34. The highest BCUT2D eigenvalue weighted by molar-refractivity contribution is 7.12. The summed E-state index contributed by atoms with van der Waals surface area (Å²) in [5.74, 6) is 0.915. The van der Waals surface area contributed by atoms with Crippen molar-refractivity contribution in [1.29, 1.82) is 0 Å². The van der Waals surface area contributed by atoms with Gasteiger partial charge in [0.1, 0.15) is 0 Å². The van der Waals surface area contributed by atoms with Gasteiger partial charge in [0.2, 0.25) is 0 Å². The van der Waals surface area contributed by atoms with Crippen molar-refractivity contribution in [1.82, 2.24) is 9.80 Å². The number of carbonyl (C=O) groups is 1. The van der Waals surface area contributed by atoms with Crippen molar-refractivity contribution >= 4 is 17.2 Å². The average Bonchev–Trinajstić information content (AvgIpc) is 2.75. The Morgan fingerprint density at radius 2 is 2.00 bits per heavy atom. The maximum Gasteiger partial charge on any atom is 0.264 e. The molecule has 1 saturated heterocycles. The second-order valence-electron chi connectivity index (χ2n) is 5.42. The first-order valence-corrected chi connectivity index (χ1v) is 7.51. The van der Waals surface area contributed by atoms with E-state index < -0.39 is 0 Å². The minimum Gasteiger partial charge on any atom is -0.335 e. The summed E-state index contributed by atoms with van der Waals surface area (Å²) in [6.45, 7) is 11.4. The number of aryl methyl sites for hydroxylation is 1. The second kappa shape index (κ2) is 5.85. The highest BCUT2D eigenvalue weighted by Crippen LogP contribution is 2.19. The predicted molar refractivity (Wildman–Crippen MR) is 76.2 cm³/mol. The zero-order valence-electron chi connectivity index (χ0n) is 11.5. The van der Waals surface area contributed by atoms with E-state index in [1.165, 1.54) is 0 Å². The maximum absolute atomic E-state index is 12.3. The maximum atomic E-state index is 12.3. The number of piperazine rings is 1. The lowest BCUT2D eigenvalue weighted by atomic mass is 10.2. The van der Waals surface area contributed by atoms with Crippen LogP contribution in [0.4, 0.5) is 0 Å². The molecule has 3 nitrogen and oxygen atoms in total. The number of amides is 1. The molecule has 100 valence electrons. The Labute approximate surface area is 113 Å². The van der Waals surface area contributed by atoms with Crippen LogP contribution in [0.2, 0.25) is 0 Å². The third-order valence-corrected chi connectivity index (χ3v) is 4.34. The molecule has 1 aliphatic heterocycles. The van der Waals surface area contributed by atoms with E-state index in [0.29, 0.717) is 5.92 Å². The van der Waals surface area contributed by atoms with Gasteiger partial charge in [-0.25, -0.2) is 0 Å². The van der Waals surface area contributed by atoms with Gasteiger partial charge in [0, 0.05) is 32.7 Å². The lowest BCUT2D eigenvalue weighted by molar-refractivity contribution is 0.0628. The number of nitrogens with zero attached hydrogens (tertiary/aromatic N) is 2. The van der Waals surface area contributed by atoms with Crippen LogP contribution in [0.5, 0.6) is 0 Å². The van der Waals surface area contributed by atoms with Crippen molar-refractivity contribution < 1.29 is 4.79 Å². The molecule has 4 heteroatoms. The normalized spacial score (nSPS) is 17.4. The van der Waals surface area contributed by atoms with Gasteiger partial charge in [-0.2, -0.15) is 0 Å². The first-order valence-electron chi connectivity index (χ1n) is 6.63. The van der Waals surface area contributed by atoms with Gasteiger partial charge in [-0.1, -0.05) is 13.8 Å². The molecule has 1 aromatic heterocycles. The first kappa shape index (κ1) is 13.6. The summed E-state index contributed by atoms with van der Waals surface area (Å²) in [7, 11) is 0. The van der Waals surface area contributed by atoms with Crippen LogP contribution in [-0.2, 0) is 0 Å². The summed E-state index contributed by atoms with van der Waals surface area (Å²) in [4.78, 5) is 17.7. The quantitative estimate of drug-likeness (QED) is 0.839. The summed E-state index contributed by atoms with van der Waals surface area (Å²) >= 11 is 1.56. The monoisotopic (exact) mass is 266 g/mol. The number of hydrogen-bond acceptors (Lipinski definition) is 3. The standard InChI is InChI=1S/C14H22N2OS/c1-11(2)10-15-5-7-16(8-6-15)14(17)13-12(3)4-9-18-13/h4,9,11H,5-8,10H2,1-3H3. The number of thiophene rings is 1. The summed E-state index contributed by atoms with van der Waals surface area (Å²) in [5, 5.41) is 2.00. The molecule has 1 aliphatic rings. The van der Waals surface area contributed by atoms with E-state index in [0.717, 1.165) is 43.2 Å². The number of rotatable bonds is 3. The fourth-order valence-electron chi connectivity index (χ4n) is 2.39. The van der Waals surface area contributed by atoms with Crippen molar-refractivity contribution in [2.45, 2.75) is 20.8 Å². The molecule has 1 amide bonds. The van der Waals surface area contributed by atoms with E-state index in [-0.39, 0.29) is 5.91 Å². The number of carbonyl (C=O) groups excluding carboxylic acids is 1. The average molecular weight is 266 g/mol. The molecule has 0 saturated carbocycles. The molecule has 0 radical (unpaired) electrons. The minimum absolute atomic E-state index is 0.215. The fraction of sp³-hybridized carbons (Fsp3) is 0.643. The number of hydrogen-bond donors (Lipinski definition) is 0. The topological polar surface area (TPSA) is 23.6 Å². The van der Waals surface area contributed by atoms with E-state index >= 15 is 0 Å². The molecule has 1 aromatic rings. The molecule has 0 aliphatic carbocycles. The van der Waals surface area contributed by atoms with E-state index in [2.05, 4.69) is 18.7 Å². The van der Waals surface area contributed by atoms with Crippen LogP contribution in [0, 0.1) is 12.8 Å². The van der Waals surface area contributed by atoms with E-state index in [1.54, 1.807) is 11.3 Å². The van der Waals surface area contributed by atoms with E-state index in [9.17, 15) is 4.79 Å². The van der Waals surface area contributed by atoms with Crippen molar-refractivity contribution in [2.24, 2.45) is 5.92 Å². The zero-order valence-corrected chi connectivity index (χ0v) is 12.3. The van der Waals surface area contributed by atoms with Crippen molar-refractivity contribution in [2.75, 3.05) is 32.7 Å². The highest BCUT2D eigenvalue weighted by atomic mass is 32.1. The fourth-order valence-corrected chi connectivity index (χ4v) is 3.28. The second-order valence-corrected chi connectivity index (χ2v) is 6.34. The molecular formula is C14H22N2OS. The van der Waals surface area contributed by atoms with Gasteiger partial charge < -0.3 is 4.90 Å². The summed E-state index contributed by atoms with van der Waals surface area (Å²) in [5.41, 5.74) is 1.11. The molecule has 18 heavy (non-hydrogen) atoms. The van der Waals surface area contributed by atoms with Gasteiger partial charge in [-0.15, -0.1) is 11.3 Å². The summed E-state index contributed by atoms with van der Waals surface area (Å²) < 4.78 is 0. The van der Waals surface area contributed by atoms with E-state index in [4.69, 9.17) is 0 Å². The largest absolute Gasteiger partial charge is 0.335 e. The van der Waals surface area contributed by atoms with Crippen LogP contribution >= 0.6 is 11.3 Å². The van der Waals surface area contributed by atoms with Crippen LogP contribution in [0.1, 0.15) is 29.1 Å². The molecule has 0 spiro atoms. The van der Waals surface area contributed by atoms with Gasteiger partial charge in [-0.3, -0.25) is 9.69 Å². The van der Waals surface area contributed by atoms with Crippen molar-refractivity contribution in [3.05, 3.63) is 21.9 Å². The minimum atomic E-state index is 0.215. The third kappa shape index (κ3) is 3.12. The smallest absolute Gasteiger partial charge is 0.264 e. The molecular weight excluding hydrogens is 244 g/mol. The van der Waals surface area contributed by atoms with Crippen LogP contribution in [0.15, 0.2) is 11.4 Å². The van der Waals surface area contributed by atoms with Crippen LogP contribution in [0.25, 0.3) is 0 Å². The Balaban J connectivity index is 1.90.